The van der Waals surface area contributed by atoms with E-state index in [0.29, 0.717) is 30.9 Å². The Morgan fingerprint density at radius 1 is 1.22 bits per heavy atom. The van der Waals surface area contributed by atoms with Gasteiger partial charge in [0.1, 0.15) is 0 Å². The van der Waals surface area contributed by atoms with Gasteiger partial charge in [-0.2, -0.15) is 0 Å². The minimum atomic E-state index is -0.924. The van der Waals surface area contributed by atoms with Crippen LogP contribution in [0.15, 0.2) is 24.3 Å². The number of ether oxygens (including phenoxy) is 1. The number of hydrogen-bond donors (Lipinski definition) is 2. The third-order valence-corrected chi connectivity index (χ3v) is 2.92. The van der Waals surface area contributed by atoms with Gasteiger partial charge in [0.2, 0.25) is 5.91 Å². The molecule has 7 heteroatoms. The van der Waals surface area contributed by atoms with Crippen LogP contribution in [0.5, 0.6) is 0 Å². The zero-order valence-corrected chi connectivity index (χ0v) is 13.7. The molecule has 0 aliphatic rings. The third kappa shape index (κ3) is 6.07. The fourth-order valence-corrected chi connectivity index (χ4v) is 1.84. The molecule has 0 spiro atoms. The molecule has 0 saturated carbocycles. The van der Waals surface area contributed by atoms with Crippen LogP contribution >= 0.6 is 0 Å². The Morgan fingerprint density at radius 2 is 1.83 bits per heavy atom. The van der Waals surface area contributed by atoms with Crippen molar-refractivity contribution in [1.29, 1.82) is 0 Å². The maximum Gasteiger partial charge on any atom is 0.323 e. The monoisotopic (exact) mass is 321 g/mol. The van der Waals surface area contributed by atoms with Crippen molar-refractivity contribution in [1.82, 2.24) is 5.32 Å². The molecule has 0 aromatic heterocycles. The van der Waals surface area contributed by atoms with Crippen LogP contribution in [0.1, 0.15) is 27.2 Å². The summed E-state index contributed by atoms with van der Waals surface area (Å²) in [6.07, 6.45) is 0.699. The van der Waals surface area contributed by atoms with E-state index < -0.39 is 17.7 Å². The average molecular weight is 321 g/mol. The second-order valence-corrected chi connectivity index (χ2v) is 5.28. The minimum Gasteiger partial charge on any atom is -0.399 e. The van der Waals surface area contributed by atoms with Crippen molar-refractivity contribution in [2.45, 2.75) is 33.3 Å². The van der Waals surface area contributed by atoms with Gasteiger partial charge < -0.3 is 15.8 Å². The van der Waals surface area contributed by atoms with Gasteiger partial charge in [-0.1, -0.05) is 0 Å². The molecule has 1 aromatic carbocycles. The summed E-state index contributed by atoms with van der Waals surface area (Å²) >= 11 is 0. The van der Waals surface area contributed by atoms with Gasteiger partial charge >= 0.3 is 11.8 Å². The normalized spacial score (nSPS) is 10.4. The van der Waals surface area contributed by atoms with Gasteiger partial charge in [0, 0.05) is 25.8 Å². The van der Waals surface area contributed by atoms with Gasteiger partial charge in [-0.05, 0) is 44.5 Å². The van der Waals surface area contributed by atoms with Crippen molar-refractivity contribution < 1.29 is 19.1 Å². The van der Waals surface area contributed by atoms with E-state index in [9.17, 15) is 14.4 Å². The number of imide groups is 1. The number of hydrogen-bond acceptors (Lipinski definition) is 5. The van der Waals surface area contributed by atoms with Crippen LogP contribution < -0.4 is 16.0 Å². The number of nitrogens with one attached hydrogen (secondary N) is 1. The highest BCUT2D eigenvalue weighted by molar-refractivity contribution is 6.45. The summed E-state index contributed by atoms with van der Waals surface area (Å²) in [5.41, 5.74) is 6.37. The Morgan fingerprint density at radius 3 is 2.35 bits per heavy atom. The summed E-state index contributed by atoms with van der Waals surface area (Å²) in [6, 6.07) is 6.14. The Bertz CT molecular complexity index is 555. The van der Waals surface area contributed by atoms with Gasteiger partial charge in [-0.25, -0.2) is 4.90 Å². The minimum absolute atomic E-state index is 0.117. The Labute approximate surface area is 135 Å². The van der Waals surface area contributed by atoms with E-state index in [4.69, 9.17) is 10.5 Å². The number of carbonyl (C=O) groups excluding carboxylic acids is 3. The molecule has 0 bridgehead atoms. The fraction of sp³-hybridized carbons (Fsp3) is 0.438. The summed E-state index contributed by atoms with van der Waals surface area (Å²) in [6.45, 7) is 5.84. The highest BCUT2D eigenvalue weighted by Gasteiger charge is 2.26. The molecule has 126 valence electrons. The Balaban J connectivity index is 2.62. The zero-order valence-electron chi connectivity index (χ0n) is 13.7. The van der Waals surface area contributed by atoms with E-state index in [1.165, 1.54) is 19.1 Å². The number of nitrogens with two attached hydrogens (primary N) is 1. The SMILES string of the molecule is CC(=O)N(C(=O)C(=O)NCCCOC(C)C)c1ccc(N)cc1. The first kappa shape index (κ1) is 18.6. The molecule has 7 nitrogen and oxygen atoms in total. The molecule has 0 heterocycles. The molecule has 0 saturated heterocycles. The number of nitrogens with zero attached hydrogens (tertiary/aromatic N) is 1. The molecule has 0 radical (unpaired) electrons. The summed E-state index contributed by atoms with van der Waals surface area (Å²) in [7, 11) is 0. The van der Waals surface area contributed by atoms with Crippen LogP contribution in [-0.4, -0.2) is 37.0 Å². The standard InChI is InChI=1S/C16H23N3O4/c1-11(2)23-10-4-9-18-15(21)16(22)19(12(3)20)14-7-5-13(17)6-8-14/h5-8,11H,4,9-10,17H2,1-3H3,(H,18,21). The summed E-state index contributed by atoms with van der Waals surface area (Å²) < 4.78 is 5.34. The Kier molecular flexibility index (Phi) is 7.21. The molecule has 0 aliphatic carbocycles. The van der Waals surface area contributed by atoms with E-state index >= 15 is 0 Å². The predicted molar refractivity (Wildman–Crippen MR) is 87.7 cm³/mol. The third-order valence-electron chi connectivity index (χ3n) is 2.92. The fourth-order valence-electron chi connectivity index (χ4n) is 1.84. The molecule has 0 aliphatic heterocycles. The van der Waals surface area contributed by atoms with E-state index in [2.05, 4.69) is 5.32 Å². The van der Waals surface area contributed by atoms with Crippen LogP contribution in [0, 0.1) is 0 Å². The quantitative estimate of drug-likeness (QED) is 0.464. The first-order valence-corrected chi connectivity index (χ1v) is 7.43. The topological polar surface area (TPSA) is 102 Å². The van der Waals surface area contributed by atoms with Gasteiger partial charge in [-0.3, -0.25) is 14.4 Å². The molecule has 3 N–H and O–H groups in total. The van der Waals surface area contributed by atoms with Crippen LogP contribution in [0.2, 0.25) is 0 Å². The second kappa shape index (κ2) is 8.89. The zero-order chi connectivity index (χ0) is 17.4. The lowest BCUT2D eigenvalue weighted by Crippen LogP contribution is -2.45. The first-order chi connectivity index (χ1) is 10.8. The number of amides is 3. The highest BCUT2D eigenvalue weighted by atomic mass is 16.5. The number of carbonyl (C=O) groups is 3. The number of rotatable bonds is 6. The maximum atomic E-state index is 12.2. The van der Waals surface area contributed by atoms with Crippen molar-refractivity contribution in [3.05, 3.63) is 24.3 Å². The van der Waals surface area contributed by atoms with Gasteiger partial charge in [-0.15, -0.1) is 0 Å². The molecule has 0 fully saturated rings. The summed E-state index contributed by atoms with van der Waals surface area (Å²) in [5.74, 6) is -2.30. The molecule has 1 aromatic rings. The van der Waals surface area contributed by atoms with Gasteiger partial charge in [0.15, 0.2) is 0 Å². The molecular formula is C16H23N3O4. The highest BCUT2D eigenvalue weighted by Crippen LogP contribution is 2.16. The summed E-state index contributed by atoms with van der Waals surface area (Å²) in [5, 5.41) is 2.49. The van der Waals surface area contributed by atoms with Crippen molar-refractivity contribution in [2.24, 2.45) is 0 Å². The average Bonchev–Trinajstić information content (AvgIpc) is 2.48. The lowest BCUT2D eigenvalue weighted by atomic mass is 10.2. The van der Waals surface area contributed by atoms with E-state index in [1.54, 1.807) is 12.1 Å². The lowest BCUT2D eigenvalue weighted by Gasteiger charge is -2.18. The lowest BCUT2D eigenvalue weighted by molar-refractivity contribution is -0.139. The van der Waals surface area contributed by atoms with Crippen molar-refractivity contribution in [3.8, 4) is 0 Å². The van der Waals surface area contributed by atoms with E-state index in [-0.39, 0.29) is 6.10 Å². The number of nitrogen functional groups attached to an aromatic ring is 1. The van der Waals surface area contributed by atoms with Crippen LogP contribution in [-0.2, 0) is 19.1 Å². The first-order valence-electron chi connectivity index (χ1n) is 7.43. The van der Waals surface area contributed by atoms with Crippen LogP contribution in [0.3, 0.4) is 0 Å². The van der Waals surface area contributed by atoms with Crippen molar-refractivity contribution in [2.75, 3.05) is 23.8 Å². The molecule has 3 amide bonds. The molecule has 1 rings (SSSR count). The van der Waals surface area contributed by atoms with Crippen molar-refractivity contribution in [3.63, 3.8) is 0 Å². The van der Waals surface area contributed by atoms with Crippen LogP contribution in [0.25, 0.3) is 0 Å². The molecule has 0 unspecified atom stereocenters. The number of benzene rings is 1. The summed E-state index contributed by atoms with van der Waals surface area (Å²) in [4.78, 5) is 36.6. The van der Waals surface area contributed by atoms with Gasteiger partial charge in [0.25, 0.3) is 0 Å². The number of anilines is 2. The van der Waals surface area contributed by atoms with Gasteiger partial charge in [0.05, 0.1) is 11.8 Å². The van der Waals surface area contributed by atoms with E-state index in [0.717, 1.165) is 4.90 Å². The Hall–Kier alpha value is -2.41. The molecule has 0 atom stereocenters. The van der Waals surface area contributed by atoms with Crippen LogP contribution in [0.4, 0.5) is 11.4 Å². The molecular weight excluding hydrogens is 298 g/mol. The second-order valence-electron chi connectivity index (χ2n) is 5.28. The van der Waals surface area contributed by atoms with E-state index in [1.807, 2.05) is 13.8 Å². The predicted octanol–water partition coefficient (Wildman–Crippen LogP) is 1.08. The smallest absolute Gasteiger partial charge is 0.323 e. The molecule has 23 heavy (non-hydrogen) atoms. The van der Waals surface area contributed by atoms with Crippen molar-refractivity contribution >= 4 is 29.1 Å². The largest absolute Gasteiger partial charge is 0.399 e. The maximum absolute atomic E-state index is 12.2.